The Kier molecular flexibility index (Phi) is 4.24. The van der Waals surface area contributed by atoms with Crippen molar-refractivity contribution in [2.24, 2.45) is 0 Å². The second-order valence-corrected chi connectivity index (χ2v) is 3.79. The van der Waals surface area contributed by atoms with Crippen LogP contribution in [0.4, 0.5) is 10.1 Å². The monoisotopic (exact) mass is 275 g/mol. The van der Waals surface area contributed by atoms with E-state index in [4.69, 9.17) is 11.6 Å². The highest BCUT2D eigenvalue weighted by Gasteiger charge is 2.06. The summed E-state index contributed by atoms with van der Waals surface area (Å²) in [7, 11) is 0. The Labute approximate surface area is 95.8 Å². The lowest BCUT2D eigenvalue weighted by atomic mass is 10.3. The maximum absolute atomic E-state index is 12.8. The number of benzene rings is 1. The van der Waals surface area contributed by atoms with E-state index in [1.165, 1.54) is 12.1 Å². The van der Waals surface area contributed by atoms with E-state index in [0.29, 0.717) is 21.7 Å². The van der Waals surface area contributed by atoms with E-state index in [2.05, 4.69) is 33.1 Å². The molecule has 0 saturated carbocycles. The van der Waals surface area contributed by atoms with E-state index in [1.54, 1.807) is 6.92 Å². The molecule has 0 aromatic heterocycles. The van der Waals surface area contributed by atoms with Crippen LogP contribution in [0.2, 0.25) is 5.02 Å². The fourth-order valence-corrected chi connectivity index (χ4v) is 1.89. The van der Waals surface area contributed by atoms with Crippen molar-refractivity contribution in [1.82, 2.24) is 0 Å². The van der Waals surface area contributed by atoms with Gasteiger partial charge in [-0.25, -0.2) is 4.39 Å². The van der Waals surface area contributed by atoms with Crippen LogP contribution in [-0.4, -0.2) is 6.54 Å². The number of hydrogen-bond donors (Lipinski definition) is 1. The zero-order valence-corrected chi connectivity index (χ0v) is 9.84. The highest BCUT2D eigenvalue weighted by molar-refractivity contribution is 9.10. The quantitative estimate of drug-likeness (QED) is 0.813. The molecule has 1 aromatic rings. The van der Waals surface area contributed by atoms with Gasteiger partial charge in [0, 0.05) is 4.47 Å². The summed E-state index contributed by atoms with van der Waals surface area (Å²) in [6, 6.07) is 2.61. The largest absolute Gasteiger partial charge is 0.372 e. The molecule has 0 spiro atoms. The number of hydrogen-bond acceptors (Lipinski definition) is 1. The van der Waals surface area contributed by atoms with Gasteiger partial charge in [0.15, 0.2) is 0 Å². The van der Waals surface area contributed by atoms with Gasteiger partial charge in [0.1, 0.15) is 5.82 Å². The van der Waals surface area contributed by atoms with Gasteiger partial charge in [-0.15, -0.1) is 5.92 Å². The third-order valence-electron chi connectivity index (χ3n) is 1.54. The van der Waals surface area contributed by atoms with Gasteiger partial charge in [-0.05, 0) is 35.0 Å². The molecule has 0 aliphatic rings. The summed E-state index contributed by atoms with van der Waals surface area (Å²) in [4.78, 5) is 0. The average molecular weight is 277 g/mol. The zero-order chi connectivity index (χ0) is 10.6. The van der Waals surface area contributed by atoms with Crippen LogP contribution in [0.5, 0.6) is 0 Å². The molecule has 1 nitrogen and oxygen atoms in total. The maximum atomic E-state index is 12.8. The molecule has 0 unspecified atom stereocenters. The molecule has 0 aliphatic heterocycles. The molecule has 1 N–H and O–H groups in total. The second-order valence-electron chi connectivity index (χ2n) is 2.52. The summed E-state index contributed by atoms with van der Waals surface area (Å²) in [6.45, 7) is 2.24. The first-order chi connectivity index (χ1) is 6.65. The molecular formula is C10H8BrClFN. The number of rotatable bonds is 2. The summed E-state index contributed by atoms with van der Waals surface area (Å²) in [5, 5.41) is 3.33. The van der Waals surface area contributed by atoms with E-state index >= 15 is 0 Å². The Hall–Kier alpha value is -0.720. The first-order valence-corrected chi connectivity index (χ1v) is 5.10. The lowest BCUT2D eigenvalue weighted by Gasteiger charge is -2.07. The Morgan fingerprint density at radius 3 is 2.86 bits per heavy atom. The standard InChI is InChI=1S/C10H8BrClFN/c1-2-3-4-14-10-8(11)5-7(13)6-9(10)12/h5-6,14H,4H2,1H3. The van der Waals surface area contributed by atoms with Crippen molar-refractivity contribution in [3.63, 3.8) is 0 Å². The Morgan fingerprint density at radius 2 is 2.29 bits per heavy atom. The van der Waals surface area contributed by atoms with Crippen LogP contribution in [0.1, 0.15) is 6.92 Å². The number of nitrogens with one attached hydrogen (secondary N) is 1. The Bertz CT molecular complexity index is 372. The molecule has 0 aliphatic carbocycles. The summed E-state index contributed by atoms with van der Waals surface area (Å²) in [5.74, 6) is 5.21. The highest BCUT2D eigenvalue weighted by atomic mass is 79.9. The first kappa shape index (κ1) is 11.4. The Balaban J connectivity index is 2.89. The minimum Gasteiger partial charge on any atom is -0.372 e. The van der Waals surface area contributed by atoms with Gasteiger partial charge in [0.05, 0.1) is 17.3 Å². The van der Waals surface area contributed by atoms with Crippen LogP contribution < -0.4 is 5.32 Å². The molecule has 4 heteroatoms. The highest BCUT2D eigenvalue weighted by Crippen LogP contribution is 2.31. The second kappa shape index (κ2) is 5.23. The molecule has 74 valence electrons. The van der Waals surface area contributed by atoms with Crippen LogP contribution in [0.3, 0.4) is 0 Å². The molecule has 0 fully saturated rings. The van der Waals surface area contributed by atoms with Gasteiger partial charge in [-0.1, -0.05) is 17.5 Å². The van der Waals surface area contributed by atoms with E-state index in [9.17, 15) is 4.39 Å². The Morgan fingerprint density at radius 1 is 1.57 bits per heavy atom. The third-order valence-corrected chi connectivity index (χ3v) is 2.46. The molecule has 0 atom stereocenters. The van der Waals surface area contributed by atoms with Crippen molar-refractivity contribution in [3.8, 4) is 11.8 Å². The molecule has 1 rings (SSSR count). The van der Waals surface area contributed by atoms with E-state index in [-0.39, 0.29) is 5.82 Å². The van der Waals surface area contributed by atoms with Gasteiger partial charge in [-0.3, -0.25) is 0 Å². The predicted molar refractivity (Wildman–Crippen MR) is 61.0 cm³/mol. The van der Waals surface area contributed by atoms with Crippen molar-refractivity contribution in [1.29, 1.82) is 0 Å². The maximum Gasteiger partial charge on any atom is 0.125 e. The summed E-state index contributed by atoms with van der Waals surface area (Å²) >= 11 is 9.05. The van der Waals surface area contributed by atoms with Crippen LogP contribution in [0, 0.1) is 17.7 Å². The van der Waals surface area contributed by atoms with Crippen molar-refractivity contribution < 1.29 is 4.39 Å². The molecule has 0 amide bonds. The van der Waals surface area contributed by atoms with Gasteiger partial charge >= 0.3 is 0 Å². The first-order valence-electron chi connectivity index (χ1n) is 3.93. The minimum absolute atomic E-state index is 0.342. The number of halogens is 3. The van der Waals surface area contributed by atoms with Crippen molar-refractivity contribution >= 4 is 33.2 Å². The molecule has 0 radical (unpaired) electrons. The topological polar surface area (TPSA) is 12.0 Å². The summed E-state index contributed by atoms with van der Waals surface area (Å²) < 4.78 is 13.4. The number of anilines is 1. The van der Waals surface area contributed by atoms with Crippen molar-refractivity contribution in [2.75, 3.05) is 11.9 Å². The molecule has 1 aromatic carbocycles. The fourth-order valence-electron chi connectivity index (χ4n) is 0.932. The van der Waals surface area contributed by atoms with E-state index in [1.807, 2.05) is 0 Å². The zero-order valence-electron chi connectivity index (χ0n) is 7.50. The summed E-state index contributed by atoms with van der Waals surface area (Å²) in [6.07, 6.45) is 0. The van der Waals surface area contributed by atoms with Crippen LogP contribution in [0.25, 0.3) is 0 Å². The lowest BCUT2D eigenvalue weighted by molar-refractivity contribution is 0.627. The van der Waals surface area contributed by atoms with Crippen LogP contribution in [-0.2, 0) is 0 Å². The minimum atomic E-state index is -0.367. The van der Waals surface area contributed by atoms with Gasteiger partial charge < -0.3 is 5.32 Å². The van der Waals surface area contributed by atoms with Crippen molar-refractivity contribution in [3.05, 3.63) is 27.4 Å². The smallest absolute Gasteiger partial charge is 0.125 e. The normalized spacial score (nSPS) is 9.14. The van der Waals surface area contributed by atoms with Gasteiger partial charge in [-0.2, -0.15) is 0 Å². The van der Waals surface area contributed by atoms with E-state index < -0.39 is 0 Å². The van der Waals surface area contributed by atoms with Gasteiger partial charge in [0.2, 0.25) is 0 Å². The van der Waals surface area contributed by atoms with E-state index in [0.717, 1.165) is 0 Å². The molecule has 0 heterocycles. The fraction of sp³-hybridized carbons (Fsp3) is 0.200. The molecule has 0 bridgehead atoms. The summed E-state index contributed by atoms with van der Waals surface area (Å²) in [5.41, 5.74) is 0.663. The molecular weight excluding hydrogens is 268 g/mol. The molecule has 14 heavy (non-hydrogen) atoms. The van der Waals surface area contributed by atoms with Gasteiger partial charge in [0.25, 0.3) is 0 Å². The van der Waals surface area contributed by atoms with Crippen molar-refractivity contribution in [2.45, 2.75) is 6.92 Å². The van der Waals surface area contributed by atoms with Crippen LogP contribution >= 0.6 is 27.5 Å². The van der Waals surface area contributed by atoms with Crippen LogP contribution in [0.15, 0.2) is 16.6 Å². The third kappa shape index (κ3) is 2.90. The average Bonchev–Trinajstić information content (AvgIpc) is 2.09. The molecule has 0 saturated heterocycles. The lowest BCUT2D eigenvalue weighted by Crippen LogP contribution is -2.00. The predicted octanol–water partition coefficient (Wildman–Crippen LogP) is 3.68. The SMILES string of the molecule is CC#CCNc1c(Cl)cc(F)cc1Br.